The van der Waals surface area contributed by atoms with Crippen LogP contribution in [0.1, 0.15) is 11.1 Å². The van der Waals surface area contributed by atoms with E-state index in [0.29, 0.717) is 15.8 Å². The number of halogens is 2. The predicted molar refractivity (Wildman–Crippen MR) is 85.6 cm³/mol. The molecule has 2 aromatic carbocycles. The van der Waals surface area contributed by atoms with Gasteiger partial charge in [0.1, 0.15) is 11.5 Å². The fraction of sp³-hybridized carbons (Fsp3) is 0.0714. The Kier molecular flexibility index (Phi) is 4.67. The molecule has 4 nitrogen and oxygen atoms in total. The first kappa shape index (κ1) is 14.9. The zero-order chi connectivity index (χ0) is 14.7. The van der Waals surface area contributed by atoms with E-state index < -0.39 is 0 Å². The molecule has 0 amide bonds. The first-order valence-electron chi connectivity index (χ1n) is 5.72. The molecule has 6 heteroatoms. The number of aryl methyl sites for hydroxylation is 1. The van der Waals surface area contributed by atoms with E-state index in [2.05, 4.69) is 37.0 Å². The zero-order valence-corrected chi connectivity index (χ0v) is 13.8. The first-order valence-corrected chi connectivity index (χ1v) is 7.31. The molecule has 0 fully saturated rings. The highest BCUT2D eigenvalue weighted by Crippen LogP contribution is 2.29. The fourth-order valence-corrected chi connectivity index (χ4v) is 2.45. The number of oxime groups is 1. The topological polar surface area (TPSA) is 67.8 Å². The molecule has 0 saturated carbocycles. The molecule has 0 unspecified atom stereocenters. The molecular formula is C14H12Br2N2O2. The van der Waals surface area contributed by atoms with Crippen molar-refractivity contribution in [2.75, 3.05) is 0 Å². The molecule has 20 heavy (non-hydrogen) atoms. The van der Waals surface area contributed by atoms with Gasteiger partial charge < -0.3 is 15.7 Å². The quantitative estimate of drug-likeness (QED) is 0.347. The highest BCUT2D eigenvalue weighted by atomic mass is 79.9. The Balaban J connectivity index is 2.26. The van der Waals surface area contributed by atoms with Gasteiger partial charge in [0.25, 0.3) is 0 Å². The molecule has 0 aliphatic carbocycles. The molecule has 0 saturated heterocycles. The minimum atomic E-state index is 0.0444. The number of rotatable bonds is 3. The van der Waals surface area contributed by atoms with E-state index in [1.807, 2.05) is 25.1 Å². The Morgan fingerprint density at radius 3 is 2.35 bits per heavy atom. The SMILES string of the molecule is Cc1cc(Oc2ccc(/C(N)=N/O)c(Br)c2)ccc1Br. The first-order chi connectivity index (χ1) is 9.51. The summed E-state index contributed by atoms with van der Waals surface area (Å²) in [6, 6.07) is 11.0. The Morgan fingerprint density at radius 2 is 1.75 bits per heavy atom. The van der Waals surface area contributed by atoms with Crippen LogP contribution >= 0.6 is 31.9 Å². The van der Waals surface area contributed by atoms with E-state index >= 15 is 0 Å². The van der Waals surface area contributed by atoms with Crippen LogP contribution in [-0.4, -0.2) is 11.0 Å². The van der Waals surface area contributed by atoms with E-state index in [4.69, 9.17) is 15.7 Å². The van der Waals surface area contributed by atoms with Gasteiger partial charge >= 0.3 is 0 Å². The lowest BCUT2D eigenvalue weighted by molar-refractivity contribution is 0.318. The summed E-state index contributed by atoms with van der Waals surface area (Å²) in [6.45, 7) is 1.99. The van der Waals surface area contributed by atoms with Crippen molar-refractivity contribution in [3.8, 4) is 11.5 Å². The molecule has 2 aromatic rings. The van der Waals surface area contributed by atoms with Crippen LogP contribution in [0.2, 0.25) is 0 Å². The molecule has 0 aliphatic heterocycles. The van der Waals surface area contributed by atoms with Crippen LogP contribution in [0, 0.1) is 6.92 Å². The summed E-state index contributed by atoms with van der Waals surface area (Å²) in [7, 11) is 0. The minimum Gasteiger partial charge on any atom is -0.457 e. The van der Waals surface area contributed by atoms with E-state index in [1.165, 1.54) is 0 Å². The van der Waals surface area contributed by atoms with Crippen LogP contribution < -0.4 is 10.5 Å². The summed E-state index contributed by atoms with van der Waals surface area (Å²) >= 11 is 6.81. The van der Waals surface area contributed by atoms with Gasteiger partial charge in [0, 0.05) is 14.5 Å². The van der Waals surface area contributed by atoms with Gasteiger partial charge in [0.15, 0.2) is 5.84 Å². The molecule has 3 N–H and O–H groups in total. The summed E-state index contributed by atoms with van der Waals surface area (Å²) in [4.78, 5) is 0. The third kappa shape index (κ3) is 3.32. The van der Waals surface area contributed by atoms with Crippen LogP contribution in [0.4, 0.5) is 0 Å². The molecular weight excluding hydrogens is 388 g/mol. The molecule has 0 aromatic heterocycles. The summed E-state index contributed by atoms with van der Waals surface area (Å²) < 4.78 is 7.50. The normalized spacial score (nSPS) is 11.4. The number of hydrogen-bond acceptors (Lipinski definition) is 3. The molecule has 0 heterocycles. The zero-order valence-electron chi connectivity index (χ0n) is 10.6. The van der Waals surface area contributed by atoms with Crippen molar-refractivity contribution in [3.05, 3.63) is 56.5 Å². The van der Waals surface area contributed by atoms with Gasteiger partial charge in [0.2, 0.25) is 0 Å². The Bertz CT molecular complexity index is 672. The van der Waals surface area contributed by atoms with Crippen molar-refractivity contribution in [2.24, 2.45) is 10.9 Å². The third-order valence-corrected chi connectivity index (χ3v) is 4.24. The average molecular weight is 400 g/mol. The fourth-order valence-electron chi connectivity index (χ4n) is 1.64. The minimum absolute atomic E-state index is 0.0444. The van der Waals surface area contributed by atoms with Gasteiger partial charge in [0.05, 0.1) is 0 Å². The molecule has 2 rings (SSSR count). The van der Waals surface area contributed by atoms with Crippen molar-refractivity contribution in [3.63, 3.8) is 0 Å². The van der Waals surface area contributed by atoms with Crippen molar-refractivity contribution in [1.82, 2.24) is 0 Å². The molecule has 0 atom stereocenters. The summed E-state index contributed by atoms with van der Waals surface area (Å²) in [6.07, 6.45) is 0. The predicted octanol–water partition coefficient (Wildman–Crippen LogP) is 4.41. The van der Waals surface area contributed by atoms with Crippen LogP contribution in [0.3, 0.4) is 0 Å². The highest BCUT2D eigenvalue weighted by molar-refractivity contribution is 9.10. The summed E-state index contributed by atoms with van der Waals surface area (Å²) in [5.74, 6) is 1.45. The maximum atomic E-state index is 8.68. The largest absolute Gasteiger partial charge is 0.457 e. The van der Waals surface area contributed by atoms with E-state index in [0.717, 1.165) is 15.8 Å². The van der Waals surface area contributed by atoms with Gasteiger partial charge in [-0.3, -0.25) is 0 Å². The molecule has 0 bridgehead atoms. The number of ether oxygens (including phenoxy) is 1. The Hall–Kier alpha value is -1.53. The van der Waals surface area contributed by atoms with Crippen molar-refractivity contribution >= 4 is 37.7 Å². The number of benzene rings is 2. The summed E-state index contributed by atoms with van der Waals surface area (Å²) in [5.41, 5.74) is 7.25. The molecule has 0 spiro atoms. The van der Waals surface area contributed by atoms with Gasteiger partial charge in [-0.1, -0.05) is 21.1 Å². The van der Waals surface area contributed by atoms with Crippen LogP contribution in [0.15, 0.2) is 50.5 Å². The molecule has 0 aliphatic rings. The lowest BCUT2D eigenvalue weighted by atomic mass is 10.2. The van der Waals surface area contributed by atoms with Gasteiger partial charge in [-0.05, 0) is 64.8 Å². The van der Waals surface area contributed by atoms with E-state index in [9.17, 15) is 0 Å². The van der Waals surface area contributed by atoms with Crippen LogP contribution in [0.25, 0.3) is 0 Å². The van der Waals surface area contributed by atoms with E-state index in [-0.39, 0.29) is 5.84 Å². The lowest BCUT2D eigenvalue weighted by Gasteiger charge is -2.09. The maximum Gasteiger partial charge on any atom is 0.171 e. The van der Waals surface area contributed by atoms with Gasteiger partial charge in [-0.25, -0.2) is 0 Å². The van der Waals surface area contributed by atoms with Crippen LogP contribution in [0.5, 0.6) is 11.5 Å². The second-order valence-corrected chi connectivity index (χ2v) is 5.85. The summed E-state index contributed by atoms with van der Waals surface area (Å²) in [5, 5.41) is 11.7. The van der Waals surface area contributed by atoms with Crippen LogP contribution in [-0.2, 0) is 0 Å². The smallest absolute Gasteiger partial charge is 0.171 e. The van der Waals surface area contributed by atoms with Gasteiger partial charge in [-0.2, -0.15) is 0 Å². The van der Waals surface area contributed by atoms with Crippen molar-refractivity contribution < 1.29 is 9.94 Å². The molecule has 104 valence electrons. The number of nitrogens with two attached hydrogens (primary N) is 1. The van der Waals surface area contributed by atoms with E-state index in [1.54, 1.807) is 18.2 Å². The number of amidine groups is 1. The standard InChI is InChI=1S/C14H12Br2N2O2/c1-8-6-9(3-5-12(8)15)20-10-2-4-11(13(16)7-10)14(17)18-19/h2-7,19H,1H3,(H2,17,18). The van der Waals surface area contributed by atoms with Gasteiger partial charge in [-0.15, -0.1) is 0 Å². The Morgan fingerprint density at radius 1 is 1.10 bits per heavy atom. The monoisotopic (exact) mass is 398 g/mol. The third-order valence-electron chi connectivity index (χ3n) is 2.69. The average Bonchev–Trinajstić information content (AvgIpc) is 2.42. The second kappa shape index (κ2) is 6.28. The van der Waals surface area contributed by atoms with Crippen molar-refractivity contribution in [2.45, 2.75) is 6.92 Å². The Labute approximate surface area is 133 Å². The maximum absolute atomic E-state index is 8.68. The number of hydrogen-bond donors (Lipinski definition) is 2. The number of nitrogens with zero attached hydrogens (tertiary/aromatic N) is 1. The lowest BCUT2D eigenvalue weighted by Crippen LogP contribution is -2.13. The highest BCUT2D eigenvalue weighted by Gasteiger charge is 2.07. The molecule has 0 radical (unpaired) electrons. The second-order valence-electron chi connectivity index (χ2n) is 4.14. The van der Waals surface area contributed by atoms with Crippen molar-refractivity contribution in [1.29, 1.82) is 0 Å².